The summed E-state index contributed by atoms with van der Waals surface area (Å²) in [6.07, 6.45) is 2.96. The van der Waals surface area contributed by atoms with E-state index in [9.17, 15) is 13.2 Å². The molecule has 0 spiro atoms. The van der Waals surface area contributed by atoms with Gasteiger partial charge < -0.3 is 11.1 Å². The summed E-state index contributed by atoms with van der Waals surface area (Å²) in [5.41, 5.74) is 6.22. The minimum absolute atomic E-state index is 0.0516. The highest BCUT2D eigenvalue weighted by Crippen LogP contribution is 2.10. The SMILES string of the molecule is CCCC(N)CNC(=O)c1ccc(S(C)(=O)=O)cc1. The van der Waals surface area contributed by atoms with Crippen LogP contribution in [0, 0.1) is 0 Å². The van der Waals surface area contributed by atoms with E-state index in [2.05, 4.69) is 5.32 Å². The fraction of sp³-hybridized carbons (Fsp3) is 0.462. The summed E-state index contributed by atoms with van der Waals surface area (Å²) < 4.78 is 22.6. The van der Waals surface area contributed by atoms with E-state index in [1.807, 2.05) is 6.92 Å². The molecule has 1 aromatic carbocycles. The third-order valence-electron chi connectivity index (χ3n) is 2.73. The Morgan fingerprint density at radius 3 is 2.37 bits per heavy atom. The predicted molar refractivity (Wildman–Crippen MR) is 74.8 cm³/mol. The molecule has 0 bridgehead atoms. The van der Waals surface area contributed by atoms with Crippen molar-refractivity contribution in [3.05, 3.63) is 29.8 Å². The summed E-state index contributed by atoms with van der Waals surface area (Å²) in [4.78, 5) is 12.0. The summed E-state index contributed by atoms with van der Waals surface area (Å²) in [5.74, 6) is -0.244. The van der Waals surface area contributed by atoms with Crippen LogP contribution in [-0.2, 0) is 9.84 Å². The lowest BCUT2D eigenvalue weighted by Gasteiger charge is -2.11. The van der Waals surface area contributed by atoms with Gasteiger partial charge in [-0.05, 0) is 30.7 Å². The van der Waals surface area contributed by atoms with Gasteiger partial charge in [0.2, 0.25) is 0 Å². The second-order valence-electron chi connectivity index (χ2n) is 4.56. The van der Waals surface area contributed by atoms with Gasteiger partial charge >= 0.3 is 0 Å². The van der Waals surface area contributed by atoms with Gasteiger partial charge in [0.25, 0.3) is 5.91 Å². The number of hydrogen-bond donors (Lipinski definition) is 2. The molecular formula is C13H20N2O3S. The van der Waals surface area contributed by atoms with Crippen LogP contribution < -0.4 is 11.1 Å². The number of benzene rings is 1. The number of hydrogen-bond acceptors (Lipinski definition) is 4. The first-order chi connectivity index (χ1) is 8.84. The van der Waals surface area contributed by atoms with Gasteiger partial charge in [-0.1, -0.05) is 13.3 Å². The number of amides is 1. The number of carbonyl (C=O) groups excluding carboxylic acids is 1. The number of nitrogens with two attached hydrogens (primary N) is 1. The van der Waals surface area contributed by atoms with Gasteiger partial charge in [0.15, 0.2) is 9.84 Å². The zero-order valence-electron chi connectivity index (χ0n) is 11.2. The molecule has 1 atom stereocenters. The maximum absolute atomic E-state index is 11.8. The van der Waals surface area contributed by atoms with E-state index < -0.39 is 9.84 Å². The third kappa shape index (κ3) is 5.00. The van der Waals surface area contributed by atoms with Crippen molar-refractivity contribution in [1.82, 2.24) is 5.32 Å². The molecule has 0 saturated carbocycles. The lowest BCUT2D eigenvalue weighted by Crippen LogP contribution is -2.37. The average Bonchev–Trinajstić information content (AvgIpc) is 2.35. The van der Waals surface area contributed by atoms with Crippen LogP contribution in [0.15, 0.2) is 29.2 Å². The molecule has 0 aromatic heterocycles. The Labute approximate surface area is 114 Å². The molecule has 1 aromatic rings. The van der Waals surface area contributed by atoms with Crippen LogP contribution in [0.25, 0.3) is 0 Å². The normalized spacial score (nSPS) is 13.0. The smallest absolute Gasteiger partial charge is 0.251 e. The Balaban J connectivity index is 2.64. The molecule has 3 N–H and O–H groups in total. The van der Waals surface area contributed by atoms with E-state index in [0.29, 0.717) is 12.1 Å². The minimum atomic E-state index is -3.23. The largest absolute Gasteiger partial charge is 0.350 e. The first-order valence-electron chi connectivity index (χ1n) is 6.18. The lowest BCUT2D eigenvalue weighted by molar-refractivity contribution is 0.0950. The molecule has 19 heavy (non-hydrogen) atoms. The number of rotatable bonds is 6. The molecule has 0 fully saturated rings. The van der Waals surface area contributed by atoms with Crippen molar-refractivity contribution in [2.75, 3.05) is 12.8 Å². The Bertz CT molecular complexity index is 523. The van der Waals surface area contributed by atoms with Gasteiger partial charge in [-0.15, -0.1) is 0 Å². The van der Waals surface area contributed by atoms with Gasteiger partial charge in [0, 0.05) is 24.4 Å². The Morgan fingerprint density at radius 2 is 1.89 bits per heavy atom. The third-order valence-corrected chi connectivity index (χ3v) is 3.86. The second-order valence-corrected chi connectivity index (χ2v) is 6.57. The molecule has 1 amide bonds. The quantitative estimate of drug-likeness (QED) is 0.814. The molecule has 0 aliphatic rings. The standard InChI is InChI=1S/C13H20N2O3S/c1-3-4-11(14)9-15-13(16)10-5-7-12(8-6-10)19(2,17)18/h5-8,11H,3-4,9,14H2,1-2H3,(H,15,16). The summed E-state index contributed by atoms with van der Waals surface area (Å²) in [5, 5.41) is 2.73. The van der Waals surface area contributed by atoms with Gasteiger partial charge in [-0.25, -0.2) is 8.42 Å². The van der Waals surface area contributed by atoms with E-state index >= 15 is 0 Å². The molecule has 0 aliphatic carbocycles. The maximum atomic E-state index is 11.8. The number of sulfone groups is 1. The van der Waals surface area contributed by atoms with Crippen LogP contribution in [0.5, 0.6) is 0 Å². The highest BCUT2D eigenvalue weighted by atomic mass is 32.2. The maximum Gasteiger partial charge on any atom is 0.251 e. The van der Waals surface area contributed by atoms with Crippen molar-refractivity contribution in [2.45, 2.75) is 30.7 Å². The van der Waals surface area contributed by atoms with Crippen LogP contribution in [0.2, 0.25) is 0 Å². The van der Waals surface area contributed by atoms with Crippen LogP contribution in [-0.4, -0.2) is 33.2 Å². The van der Waals surface area contributed by atoms with Crippen molar-refractivity contribution in [1.29, 1.82) is 0 Å². The van der Waals surface area contributed by atoms with Gasteiger partial charge in [-0.2, -0.15) is 0 Å². The first-order valence-corrected chi connectivity index (χ1v) is 8.07. The van der Waals surface area contributed by atoms with Crippen LogP contribution >= 0.6 is 0 Å². The summed E-state index contributed by atoms with van der Waals surface area (Å²) >= 11 is 0. The highest BCUT2D eigenvalue weighted by molar-refractivity contribution is 7.90. The van der Waals surface area contributed by atoms with Gasteiger partial charge in [0.05, 0.1) is 4.90 Å². The molecule has 106 valence electrons. The summed E-state index contributed by atoms with van der Waals surface area (Å²) in [6, 6.07) is 5.80. The predicted octanol–water partition coefficient (Wildman–Crippen LogP) is 0.947. The summed E-state index contributed by atoms with van der Waals surface area (Å²) in [6.45, 7) is 2.45. The molecule has 0 saturated heterocycles. The molecular weight excluding hydrogens is 264 g/mol. The Kier molecular flexibility index (Phi) is 5.50. The van der Waals surface area contributed by atoms with Crippen molar-refractivity contribution in [3.63, 3.8) is 0 Å². The minimum Gasteiger partial charge on any atom is -0.350 e. The number of nitrogens with one attached hydrogen (secondary N) is 1. The van der Waals surface area contributed by atoms with Crippen molar-refractivity contribution < 1.29 is 13.2 Å². The topological polar surface area (TPSA) is 89.3 Å². The van der Waals surface area contributed by atoms with E-state index in [1.165, 1.54) is 24.3 Å². The van der Waals surface area contributed by atoms with Crippen LogP contribution in [0.3, 0.4) is 0 Å². The fourth-order valence-corrected chi connectivity index (χ4v) is 2.28. The summed E-state index contributed by atoms with van der Waals surface area (Å²) in [7, 11) is -3.23. The van der Waals surface area contributed by atoms with E-state index in [1.54, 1.807) is 0 Å². The zero-order valence-corrected chi connectivity index (χ0v) is 12.0. The van der Waals surface area contributed by atoms with Crippen LogP contribution in [0.4, 0.5) is 0 Å². The molecule has 5 nitrogen and oxygen atoms in total. The van der Waals surface area contributed by atoms with Crippen molar-refractivity contribution >= 4 is 15.7 Å². The van der Waals surface area contributed by atoms with E-state index in [0.717, 1.165) is 19.1 Å². The van der Waals surface area contributed by atoms with Gasteiger partial charge in [-0.3, -0.25) is 4.79 Å². The molecule has 0 aliphatic heterocycles. The first kappa shape index (κ1) is 15.7. The molecule has 1 rings (SSSR count). The zero-order chi connectivity index (χ0) is 14.5. The van der Waals surface area contributed by atoms with E-state index in [4.69, 9.17) is 5.73 Å². The highest BCUT2D eigenvalue weighted by Gasteiger charge is 2.10. The van der Waals surface area contributed by atoms with E-state index in [-0.39, 0.29) is 16.8 Å². The van der Waals surface area contributed by atoms with Gasteiger partial charge in [0.1, 0.15) is 0 Å². The monoisotopic (exact) mass is 284 g/mol. The second kappa shape index (κ2) is 6.68. The average molecular weight is 284 g/mol. The fourth-order valence-electron chi connectivity index (χ4n) is 1.65. The molecule has 0 radical (unpaired) electrons. The molecule has 1 unspecified atom stereocenters. The van der Waals surface area contributed by atoms with Crippen LogP contribution in [0.1, 0.15) is 30.1 Å². The lowest BCUT2D eigenvalue weighted by atomic mass is 10.1. The van der Waals surface area contributed by atoms with Crippen molar-refractivity contribution in [3.8, 4) is 0 Å². The molecule has 6 heteroatoms. The van der Waals surface area contributed by atoms with Crippen molar-refractivity contribution in [2.24, 2.45) is 5.73 Å². The Hall–Kier alpha value is -1.40. The Morgan fingerprint density at radius 1 is 1.32 bits per heavy atom. The molecule has 0 heterocycles. The number of carbonyl (C=O) groups is 1.